The van der Waals surface area contributed by atoms with E-state index in [2.05, 4.69) is 24.8 Å². The molecule has 24 heavy (non-hydrogen) atoms. The molecule has 1 fully saturated rings. The van der Waals surface area contributed by atoms with Crippen LogP contribution in [0.3, 0.4) is 0 Å². The number of nitrogens with zero attached hydrogens (tertiary/aromatic N) is 5. The standard InChI is InChI=1S/C16H21N5O3/c1-11-15(19-24-18-11)16(22)21-7-5-14(10-21)23-13-4-6-17-12(8-13)9-20(2)3/h4,6,8,14H,5,7,9-10H2,1-3H3. The Balaban J connectivity index is 1.60. The molecule has 128 valence electrons. The molecule has 0 spiro atoms. The SMILES string of the molecule is Cc1nonc1C(=O)N1CCC(Oc2ccnc(CN(C)C)c2)C1. The summed E-state index contributed by atoms with van der Waals surface area (Å²) in [5.74, 6) is 0.614. The number of ether oxygens (including phenoxy) is 1. The number of rotatable bonds is 5. The highest BCUT2D eigenvalue weighted by Gasteiger charge is 2.31. The molecule has 1 atom stereocenters. The summed E-state index contributed by atoms with van der Waals surface area (Å²) in [4.78, 5) is 20.5. The van der Waals surface area contributed by atoms with Crippen molar-refractivity contribution in [2.24, 2.45) is 0 Å². The van der Waals surface area contributed by atoms with Crippen LogP contribution in [0.15, 0.2) is 23.0 Å². The molecule has 1 aliphatic heterocycles. The Morgan fingerprint density at radius 2 is 2.29 bits per heavy atom. The Bertz CT molecular complexity index is 715. The molecule has 3 heterocycles. The van der Waals surface area contributed by atoms with Gasteiger partial charge in [-0.1, -0.05) is 5.16 Å². The maximum Gasteiger partial charge on any atom is 0.278 e. The first kappa shape index (κ1) is 16.4. The number of hydrogen-bond acceptors (Lipinski definition) is 7. The topological polar surface area (TPSA) is 84.6 Å². The molecule has 0 aliphatic carbocycles. The first-order valence-electron chi connectivity index (χ1n) is 7.87. The van der Waals surface area contributed by atoms with Crippen molar-refractivity contribution in [3.8, 4) is 5.75 Å². The minimum atomic E-state index is -0.164. The van der Waals surface area contributed by atoms with Gasteiger partial charge in [-0.05, 0) is 32.2 Å². The molecule has 2 aromatic heterocycles. The number of amides is 1. The van der Waals surface area contributed by atoms with Gasteiger partial charge in [-0.15, -0.1) is 0 Å². The largest absolute Gasteiger partial charge is 0.488 e. The molecular formula is C16H21N5O3. The van der Waals surface area contributed by atoms with Crippen molar-refractivity contribution >= 4 is 5.91 Å². The average Bonchev–Trinajstić information content (AvgIpc) is 3.15. The van der Waals surface area contributed by atoms with Gasteiger partial charge in [0.15, 0.2) is 5.69 Å². The Morgan fingerprint density at radius 3 is 3.00 bits per heavy atom. The normalized spacial score (nSPS) is 17.5. The number of aryl methyl sites for hydroxylation is 1. The van der Waals surface area contributed by atoms with Gasteiger partial charge in [0.1, 0.15) is 17.5 Å². The molecule has 0 N–H and O–H groups in total. The van der Waals surface area contributed by atoms with Crippen molar-refractivity contribution in [3.05, 3.63) is 35.4 Å². The number of hydrogen-bond donors (Lipinski definition) is 0. The molecule has 3 rings (SSSR count). The molecule has 0 saturated carbocycles. The molecule has 1 amide bonds. The van der Waals surface area contributed by atoms with E-state index in [1.54, 1.807) is 18.0 Å². The van der Waals surface area contributed by atoms with Crippen LogP contribution in [-0.4, -0.2) is 64.3 Å². The lowest BCUT2D eigenvalue weighted by Gasteiger charge is -2.17. The van der Waals surface area contributed by atoms with E-state index in [1.165, 1.54) is 0 Å². The van der Waals surface area contributed by atoms with Gasteiger partial charge in [0.05, 0.1) is 12.2 Å². The molecule has 0 bridgehead atoms. The minimum absolute atomic E-state index is 0.0382. The summed E-state index contributed by atoms with van der Waals surface area (Å²) in [6.07, 6.45) is 2.49. The van der Waals surface area contributed by atoms with E-state index in [9.17, 15) is 4.79 Å². The van der Waals surface area contributed by atoms with E-state index in [0.717, 1.165) is 24.4 Å². The summed E-state index contributed by atoms with van der Waals surface area (Å²) in [5.41, 5.74) is 1.73. The lowest BCUT2D eigenvalue weighted by molar-refractivity contribution is 0.0761. The lowest BCUT2D eigenvalue weighted by Crippen LogP contribution is -2.31. The zero-order valence-corrected chi connectivity index (χ0v) is 14.1. The zero-order chi connectivity index (χ0) is 17.1. The molecule has 8 nitrogen and oxygen atoms in total. The van der Waals surface area contributed by atoms with Crippen LogP contribution in [0.2, 0.25) is 0 Å². The van der Waals surface area contributed by atoms with Crippen molar-refractivity contribution in [2.75, 3.05) is 27.2 Å². The summed E-state index contributed by atoms with van der Waals surface area (Å²) in [7, 11) is 3.99. The van der Waals surface area contributed by atoms with Crippen LogP contribution >= 0.6 is 0 Å². The smallest absolute Gasteiger partial charge is 0.278 e. The Morgan fingerprint density at radius 1 is 1.46 bits per heavy atom. The second-order valence-electron chi connectivity index (χ2n) is 6.20. The predicted molar refractivity (Wildman–Crippen MR) is 85.6 cm³/mol. The van der Waals surface area contributed by atoms with E-state index < -0.39 is 0 Å². The van der Waals surface area contributed by atoms with E-state index in [-0.39, 0.29) is 17.7 Å². The highest BCUT2D eigenvalue weighted by molar-refractivity contribution is 5.93. The van der Waals surface area contributed by atoms with Crippen molar-refractivity contribution in [2.45, 2.75) is 26.0 Å². The molecule has 0 aromatic carbocycles. The zero-order valence-electron chi connectivity index (χ0n) is 14.1. The molecule has 1 unspecified atom stereocenters. The molecule has 1 aliphatic rings. The summed E-state index contributed by atoms with van der Waals surface area (Å²) in [6.45, 7) is 3.61. The molecular weight excluding hydrogens is 310 g/mol. The van der Waals surface area contributed by atoms with Gasteiger partial charge in [0.25, 0.3) is 5.91 Å². The fourth-order valence-corrected chi connectivity index (χ4v) is 2.72. The van der Waals surface area contributed by atoms with Gasteiger partial charge in [0.2, 0.25) is 0 Å². The lowest BCUT2D eigenvalue weighted by atomic mass is 10.3. The quantitative estimate of drug-likeness (QED) is 0.812. The summed E-state index contributed by atoms with van der Waals surface area (Å²) in [6, 6.07) is 3.78. The van der Waals surface area contributed by atoms with E-state index in [1.807, 2.05) is 26.2 Å². The molecule has 2 aromatic rings. The Labute approximate surface area is 140 Å². The monoisotopic (exact) mass is 331 g/mol. The molecule has 8 heteroatoms. The van der Waals surface area contributed by atoms with E-state index >= 15 is 0 Å². The van der Waals surface area contributed by atoms with Crippen molar-refractivity contribution in [1.82, 2.24) is 25.1 Å². The highest BCUT2D eigenvalue weighted by Crippen LogP contribution is 2.20. The number of carbonyl (C=O) groups is 1. The second-order valence-corrected chi connectivity index (χ2v) is 6.20. The summed E-state index contributed by atoms with van der Waals surface area (Å²) < 4.78 is 10.6. The highest BCUT2D eigenvalue weighted by atomic mass is 16.6. The second kappa shape index (κ2) is 6.96. The summed E-state index contributed by atoms with van der Waals surface area (Å²) in [5, 5.41) is 7.33. The van der Waals surface area contributed by atoms with Crippen LogP contribution in [0.1, 0.15) is 28.3 Å². The Kier molecular flexibility index (Phi) is 4.75. The van der Waals surface area contributed by atoms with Gasteiger partial charge in [-0.3, -0.25) is 9.78 Å². The van der Waals surface area contributed by atoms with E-state index in [4.69, 9.17) is 4.74 Å². The number of likely N-dealkylation sites (tertiary alicyclic amines) is 1. The van der Waals surface area contributed by atoms with Crippen LogP contribution in [0, 0.1) is 6.92 Å². The first-order chi connectivity index (χ1) is 11.5. The van der Waals surface area contributed by atoms with Gasteiger partial charge in [-0.2, -0.15) is 0 Å². The fourth-order valence-electron chi connectivity index (χ4n) is 2.72. The minimum Gasteiger partial charge on any atom is -0.488 e. The first-order valence-corrected chi connectivity index (χ1v) is 7.87. The third kappa shape index (κ3) is 3.70. The van der Waals surface area contributed by atoms with Crippen LogP contribution in [0.5, 0.6) is 5.75 Å². The number of aromatic nitrogens is 3. The van der Waals surface area contributed by atoms with Gasteiger partial charge < -0.3 is 14.5 Å². The van der Waals surface area contributed by atoms with Crippen LogP contribution in [0.25, 0.3) is 0 Å². The number of carbonyl (C=O) groups excluding carboxylic acids is 1. The van der Waals surface area contributed by atoms with Crippen molar-refractivity contribution in [3.63, 3.8) is 0 Å². The van der Waals surface area contributed by atoms with Crippen LogP contribution in [-0.2, 0) is 6.54 Å². The average molecular weight is 331 g/mol. The maximum absolute atomic E-state index is 12.4. The number of pyridine rings is 1. The third-order valence-electron chi connectivity index (χ3n) is 3.86. The Hall–Kier alpha value is -2.48. The summed E-state index contributed by atoms with van der Waals surface area (Å²) >= 11 is 0. The fraction of sp³-hybridized carbons (Fsp3) is 0.500. The van der Waals surface area contributed by atoms with Crippen molar-refractivity contribution < 1.29 is 14.2 Å². The van der Waals surface area contributed by atoms with Crippen LogP contribution < -0.4 is 4.74 Å². The molecule has 0 radical (unpaired) electrons. The van der Waals surface area contributed by atoms with Gasteiger partial charge in [-0.25, -0.2) is 4.63 Å². The molecule has 1 saturated heterocycles. The van der Waals surface area contributed by atoms with Crippen LogP contribution in [0.4, 0.5) is 0 Å². The third-order valence-corrected chi connectivity index (χ3v) is 3.86. The van der Waals surface area contributed by atoms with Gasteiger partial charge in [0, 0.05) is 31.8 Å². The van der Waals surface area contributed by atoms with E-state index in [0.29, 0.717) is 18.8 Å². The van der Waals surface area contributed by atoms with Crippen molar-refractivity contribution in [1.29, 1.82) is 0 Å². The van der Waals surface area contributed by atoms with Gasteiger partial charge >= 0.3 is 0 Å². The maximum atomic E-state index is 12.4. The predicted octanol–water partition coefficient (Wildman–Crippen LogP) is 1.13.